The summed E-state index contributed by atoms with van der Waals surface area (Å²) in [5, 5.41) is 16.4. The quantitative estimate of drug-likeness (QED) is 0.578. The molecule has 2 aromatic rings. The van der Waals surface area contributed by atoms with Gasteiger partial charge in [-0.2, -0.15) is 5.26 Å². The van der Waals surface area contributed by atoms with E-state index in [4.69, 9.17) is 16.3 Å². The third-order valence-electron chi connectivity index (χ3n) is 5.64. The molecule has 1 aliphatic carbocycles. The highest BCUT2D eigenvalue weighted by Crippen LogP contribution is 2.37. The third-order valence-corrected chi connectivity index (χ3v) is 7.08. The van der Waals surface area contributed by atoms with Gasteiger partial charge in [0.15, 0.2) is 0 Å². The van der Waals surface area contributed by atoms with Gasteiger partial charge in [-0.05, 0) is 63.4 Å². The molecular weight excluding hydrogens is 448 g/mol. The molecule has 0 bridgehead atoms. The molecule has 2 amide bonds. The Labute approximate surface area is 197 Å². The fraction of sp³-hybridized carbons (Fsp3) is 0.435. The first-order valence-electron chi connectivity index (χ1n) is 10.5. The molecule has 9 heteroatoms. The first-order valence-corrected chi connectivity index (χ1v) is 11.7. The summed E-state index contributed by atoms with van der Waals surface area (Å²) in [5.41, 5.74) is 2.14. The highest BCUT2D eigenvalue weighted by atomic mass is 35.5. The van der Waals surface area contributed by atoms with Crippen molar-refractivity contribution in [2.45, 2.75) is 45.1 Å². The van der Waals surface area contributed by atoms with E-state index in [0.29, 0.717) is 27.0 Å². The fourth-order valence-electron chi connectivity index (χ4n) is 3.70. The number of benzene rings is 1. The molecule has 170 valence electrons. The summed E-state index contributed by atoms with van der Waals surface area (Å²) in [7, 11) is 3.21. The number of methoxy groups -OCH3 is 1. The van der Waals surface area contributed by atoms with E-state index in [-0.39, 0.29) is 18.4 Å². The van der Waals surface area contributed by atoms with Crippen molar-refractivity contribution in [3.05, 3.63) is 39.2 Å². The lowest BCUT2D eigenvalue weighted by Gasteiger charge is -2.23. The molecule has 0 radical (unpaired) electrons. The molecule has 7 nitrogen and oxygen atoms in total. The number of hydrogen-bond donors (Lipinski definition) is 2. The SMILES string of the molecule is COc1ccc(Cl)cc1NC(=O)CN(C)C(C)C(=O)Nc1sc2c(c1C#N)CCCCC2. The molecule has 1 atom stereocenters. The third kappa shape index (κ3) is 5.60. The number of hydrogen-bond acceptors (Lipinski definition) is 6. The number of aryl methyl sites for hydroxylation is 1. The van der Waals surface area contributed by atoms with Gasteiger partial charge in [0.05, 0.1) is 30.9 Å². The first kappa shape index (κ1) is 24.1. The van der Waals surface area contributed by atoms with E-state index in [0.717, 1.165) is 31.2 Å². The van der Waals surface area contributed by atoms with Crippen LogP contribution in [0.5, 0.6) is 5.75 Å². The van der Waals surface area contributed by atoms with Crippen LogP contribution in [0.2, 0.25) is 5.02 Å². The number of anilines is 2. The number of nitriles is 1. The van der Waals surface area contributed by atoms with E-state index < -0.39 is 6.04 Å². The summed E-state index contributed by atoms with van der Waals surface area (Å²) < 4.78 is 5.25. The van der Waals surface area contributed by atoms with Crippen LogP contribution in [0.4, 0.5) is 10.7 Å². The number of ether oxygens (including phenoxy) is 1. The summed E-state index contributed by atoms with van der Waals surface area (Å²) in [6.45, 7) is 1.73. The summed E-state index contributed by atoms with van der Waals surface area (Å²) in [6, 6.07) is 6.66. The van der Waals surface area contributed by atoms with Gasteiger partial charge in [-0.3, -0.25) is 14.5 Å². The van der Waals surface area contributed by atoms with Crippen LogP contribution in [-0.2, 0) is 22.4 Å². The molecule has 1 aromatic carbocycles. The Morgan fingerprint density at radius 1 is 1.28 bits per heavy atom. The van der Waals surface area contributed by atoms with Crippen molar-refractivity contribution in [1.29, 1.82) is 5.26 Å². The largest absolute Gasteiger partial charge is 0.495 e. The van der Waals surface area contributed by atoms with E-state index in [9.17, 15) is 14.9 Å². The zero-order chi connectivity index (χ0) is 23.3. The maximum Gasteiger partial charge on any atom is 0.242 e. The molecule has 32 heavy (non-hydrogen) atoms. The van der Waals surface area contributed by atoms with Crippen LogP contribution in [0.25, 0.3) is 0 Å². The van der Waals surface area contributed by atoms with Crippen LogP contribution in [0.15, 0.2) is 18.2 Å². The lowest BCUT2D eigenvalue weighted by Crippen LogP contribution is -2.43. The monoisotopic (exact) mass is 474 g/mol. The van der Waals surface area contributed by atoms with Crippen LogP contribution in [0.1, 0.15) is 42.2 Å². The summed E-state index contributed by atoms with van der Waals surface area (Å²) in [6.07, 6.45) is 5.17. The Kier molecular flexibility index (Phi) is 8.13. The number of nitrogens with one attached hydrogen (secondary N) is 2. The van der Waals surface area contributed by atoms with Gasteiger partial charge in [-0.1, -0.05) is 18.0 Å². The molecule has 0 spiro atoms. The Balaban J connectivity index is 1.63. The summed E-state index contributed by atoms with van der Waals surface area (Å²) in [5.74, 6) is -0.0560. The van der Waals surface area contributed by atoms with Crippen LogP contribution in [0, 0.1) is 11.3 Å². The molecular formula is C23H27ClN4O3S. The maximum absolute atomic E-state index is 12.9. The Morgan fingerprint density at radius 3 is 2.75 bits per heavy atom. The zero-order valence-corrected chi connectivity index (χ0v) is 20.0. The number of likely N-dealkylation sites (N-methyl/N-ethyl adjacent to an activating group) is 1. The van der Waals surface area contributed by atoms with Gasteiger partial charge in [0.1, 0.15) is 16.8 Å². The molecule has 0 aliphatic heterocycles. The van der Waals surface area contributed by atoms with Gasteiger partial charge in [0, 0.05) is 9.90 Å². The maximum atomic E-state index is 12.9. The average molecular weight is 475 g/mol. The van der Waals surface area contributed by atoms with E-state index >= 15 is 0 Å². The minimum absolute atomic E-state index is 0.00367. The lowest BCUT2D eigenvalue weighted by atomic mass is 10.1. The van der Waals surface area contributed by atoms with Gasteiger partial charge < -0.3 is 15.4 Å². The van der Waals surface area contributed by atoms with Gasteiger partial charge in [-0.25, -0.2) is 0 Å². The number of carbonyl (C=O) groups excluding carboxylic acids is 2. The second kappa shape index (κ2) is 10.8. The van der Waals surface area contributed by atoms with Gasteiger partial charge >= 0.3 is 0 Å². The van der Waals surface area contributed by atoms with Crippen molar-refractivity contribution in [2.24, 2.45) is 0 Å². The van der Waals surface area contributed by atoms with Crippen molar-refractivity contribution < 1.29 is 14.3 Å². The summed E-state index contributed by atoms with van der Waals surface area (Å²) in [4.78, 5) is 28.2. The highest BCUT2D eigenvalue weighted by Gasteiger charge is 2.25. The van der Waals surface area contributed by atoms with Crippen LogP contribution in [-0.4, -0.2) is 43.5 Å². The van der Waals surface area contributed by atoms with Crippen molar-refractivity contribution in [2.75, 3.05) is 31.3 Å². The molecule has 1 heterocycles. The Bertz CT molecular complexity index is 1050. The van der Waals surface area contributed by atoms with Crippen LogP contribution >= 0.6 is 22.9 Å². The normalized spacial score (nSPS) is 14.1. The van der Waals surface area contributed by atoms with Gasteiger partial charge in [0.25, 0.3) is 0 Å². The number of rotatable bonds is 7. The van der Waals surface area contributed by atoms with Gasteiger partial charge in [0.2, 0.25) is 11.8 Å². The minimum Gasteiger partial charge on any atom is -0.495 e. The summed E-state index contributed by atoms with van der Waals surface area (Å²) >= 11 is 7.51. The number of thiophene rings is 1. The van der Waals surface area contributed by atoms with Crippen molar-refractivity contribution >= 4 is 45.4 Å². The molecule has 3 rings (SSSR count). The van der Waals surface area contributed by atoms with E-state index in [1.165, 1.54) is 29.7 Å². The molecule has 0 saturated heterocycles. The van der Waals surface area contributed by atoms with Gasteiger partial charge in [-0.15, -0.1) is 11.3 Å². The van der Waals surface area contributed by atoms with Crippen LogP contribution in [0.3, 0.4) is 0 Å². The fourth-order valence-corrected chi connectivity index (χ4v) is 5.11. The smallest absolute Gasteiger partial charge is 0.242 e. The predicted octanol–water partition coefficient (Wildman–Crippen LogP) is 4.45. The number of carbonyl (C=O) groups is 2. The van der Waals surface area contributed by atoms with E-state index in [1.54, 1.807) is 37.1 Å². The zero-order valence-electron chi connectivity index (χ0n) is 18.5. The van der Waals surface area contributed by atoms with Crippen molar-refractivity contribution in [1.82, 2.24) is 4.90 Å². The molecule has 0 saturated carbocycles. The lowest BCUT2D eigenvalue weighted by molar-refractivity contribution is -0.122. The number of amides is 2. The first-order chi connectivity index (χ1) is 15.3. The molecule has 2 N–H and O–H groups in total. The standard InChI is InChI=1S/C23H27ClN4O3S/c1-14(28(2)13-21(29)26-18-11-15(24)9-10-19(18)31-3)22(30)27-23-17(12-25)16-7-5-4-6-8-20(16)32-23/h9-11,14H,4-8,13H2,1-3H3,(H,26,29)(H,27,30). The second-order valence-corrected chi connectivity index (χ2v) is 9.40. The molecule has 1 aromatic heterocycles. The number of fused-ring (bicyclic) bond motifs is 1. The molecule has 0 fully saturated rings. The Hall–Kier alpha value is -2.60. The Morgan fingerprint density at radius 2 is 2.03 bits per heavy atom. The second-order valence-electron chi connectivity index (χ2n) is 7.85. The minimum atomic E-state index is -0.574. The average Bonchev–Trinajstić information content (AvgIpc) is 2.91. The molecule has 1 unspecified atom stereocenters. The van der Waals surface area contributed by atoms with E-state index in [1.807, 2.05) is 0 Å². The van der Waals surface area contributed by atoms with Crippen molar-refractivity contribution in [3.8, 4) is 11.8 Å². The van der Waals surface area contributed by atoms with E-state index in [2.05, 4.69) is 16.7 Å². The van der Waals surface area contributed by atoms with Crippen LogP contribution < -0.4 is 15.4 Å². The number of halogens is 1. The highest BCUT2D eigenvalue weighted by molar-refractivity contribution is 7.16. The topological polar surface area (TPSA) is 94.5 Å². The molecule has 1 aliphatic rings. The predicted molar refractivity (Wildman–Crippen MR) is 128 cm³/mol. The number of nitrogens with zero attached hydrogens (tertiary/aromatic N) is 2. The van der Waals surface area contributed by atoms with Crippen molar-refractivity contribution in [3.63, 3.8) is 0 Å².